The molecule has 1 aromatic heterocycles. The first-order valence-corrected chi connectivity index (χ1v) is 9.97. The van der Waals surface area contributed by atoms with Crippen LogP contribution in [0.15, 0.2) is 53.9 Å². The zero-order valence-corrected chi connectivity index (χ0v) is 17.3. The van der Waals surface area contributed by atoms with Gasteiger partial charge in [-0.1, -0.05) is 12.1 Å². The number of anilines is 2. The van der Waals surface area contributed by atoms with Crippen LogP contribution in [-0.2, 0) is 16.2 Å². The van der Waals surface area contributed by atoms with Crippen molar-refractivity contribution in [2.45, 2.75) is 20.5 Å². The molecule has 0 unspecified atom stereocenters. The second-order valence-electron chi connectivity index (χ2n) is 6.41. The fourth-order valence-corrected chi connectivity index (χ4v) is 3.15. The van der Waals surface area contributed by atoms with Gasteiger partial charge in [0.25, 0.3) is 0 Å². The summed E-state index contributed by atoms with van der Waals surface area (Å²) in [4.78, 5) is 27.6. The Morgan fingerprint density at radius 2 is 1.93 bits per heavy atom. The van der Waals surface area contributed by atoms with Crippen LogP contribution in [0.2, 0.25) is 0 Å². The lowest BCUT2D eigenvalue weighted by Gasteiger charge is -2.07. The number of aromatic nitrogens is 1. The number of rotatable bonds is 7. The number of ether oxygens (including phenoxy) is 1. The first-order chi connectivity index (χ1) is 14.4. The average molecular weight is 425 g/mol. The van der Waals surface area contributed by atoms with Gasteiger partial charge >= 0.3 is 0 Å². The normalized spacial score (nSPS) is 10.8. The summed E-state index contributed by atoms with van der Waals surface area (Å²) in [6.07, 6.45) is 2.91. The molecule has 2 amide bonds. The molecular formula is C22H20FN3O3S. The summed E-state index contributed by atoms with van der Waals surface area (Å²) in [7, 11) is 0. The lowest BCUT2D eigenvalue weighted by Crippen LogP contribution is -2.11. The van der Waals surface area contributed by atoms with Crippen molar-refractivity contribution >= 4 is 40.6 Å². The summed E-state index contributed by atoms with van der Waals surface area (Å²) >= 11 is 1.58. The number of carbonyl (C=O) groups is 2. The molecule has 0 aliphatic carbocycles. The molecule has 0 aliphatic heterocycles. The molecule has 0 aliphatic rings. The number of aryl methyl sites for hydroxylation is 1. The van der Waals surface area contributed by atoms with E-state index >= 15 is 0 Å². The Morgan fingerprint density at radius 1 is 1.17 bits per heavy atom. The Hall–Kier alpha value is -3.52. The van der Waals surface area contributed by atoms with E-state index in [9.17, 15) is 14.0 Å². The second-order valence-corrected chi connectivity index (χ2v) is 7.48. The number of halogens is 1. The zero-order valence-electron chi connectivity index (χ0n) is 16.4. The molecule has 1 heterocycles. The van der Waals surface area contributed by atoms with Crippen LogP contribution >= 0.6 is 11.3 Å². The van der Waals surface area contributed by atoms with Crippen molar-refractivity contribution in [1.82, 2.24) is 4.98 Å². The van der Waals surface area contributed by atoms with Crippen molar-refractivity contribution < 1.29 is 18.7 Å². The quantitative estimate of drug-likeness (QED) is 0.534. The maximum Gasteiger partial charge on any atom is 0.248 e. The van der Waals surface area contributed by atoms with Gasteiger partial charge in [0.05, 0.1) is 16.4 Å². The number of hydrogen-bond donors (Lipinski definition) is 2. The topological polar surface area (TPSA) is 80.3 Å². The molecular weight excluding hydrogens is 405 g/mol. The van der Waals surface area contributed by atoms with Gasteiger partial charge in [0.15, 0.2) is 0 Å². The number of hydrogen-bond acceptors (Lipinski definition) is 5. The van der Waals surface area contributed by atoms with Gasteiger partial charge in [-0.25, -0.2) is 9.37 Å². The fourth-order valence-electron chi connectivity index (χ4n) is 2.56. The van der Waals surface area contributed by atoms with Gasteiger partial charge in [-0.2, -0.15) is 0 Å². The summed E-state index contributed by atoms with van der Waals surface area (Å²) in [5, 5.41) is 7.96. The Kier molecular flexibility index (Phi) is 6.92. The number of benzene rings is 2. The first kappa shape index (κ1) is 21.2. The number of thiazole rings is 1. The Morgan fingerprint density at radius 3 is 2.60 bits per heavy atom. The van der Waals surface area contributed by atoms with Crippen LogP contribution in [0.25, 0.3) is 6.08 Å². The van der Waals surface area contributed by atoms with E-state index in [-0.39, 0.29) is 11.6 Å². The summed E-state index contributed by atoms with van der Waals surface area (Å²) in [5.41, 5.74) is 2.05. The highest BCUT2D eigenvalue weighted by atomic mass is 32.1. The minimum atomic E-state index is -0.595. The smallest absolute Gasteiger partial charge is 0.248 e. The lowest BCUT2D eigenvalue weighted by molar-refractivity contribution is -0.114. The molecule has 2 N–H and O–H groups in total. The van der Waals surface area contributed by atoms with Gasteiger partial charge in [-0.05, 0) is 48.9 Å². The molecule has 3 aromatic rings. The van der Waals surface area contributed by atoms with Crippen LogP contribution in [0, 0.1) is 12.7 Å². The van der Waals surface area contributed by atoms with E-state index in [0.717, 1.165) is 16.3 Å². The minimum absolute atomic E-state index is 0.0167. The molecule has 0 saturated heterocycles. The minimum Gasteiger partial charge on any atom is -0.487 e. The largest absolute Gasteiger partial charge is 0.487 e. The highest BCUT2D eigenvalue weighted by molar-refractivity contribution is 7.09. The van der Waals surface area contributed by atoms with Gasteiger partial charge < -0.3 is 15.4 Å². The maximum absolute atomic E-state index is 13.9. The molecule has 6 nitrogen and oxygen atoms in total. The summed E-state index contributed by atoms with van der Waals surface area (Å²) in [5.74, 6) is -0.678. The van der Waals surface area contributed by atoms with E-state index in [2.05, 4.69) is 15.6 Å². The summed E-state index contributed by atoms with van der Waals surface area (Å²) in [6, 6.07) is 11.2. The highest BCUT2D eigenvalue weighted by Gasteiger charge is 2.07. The third kappa shape index (κ3) is 6.25. The Balaban J connectivity index is 1.56. The molecule has 0 saturated carbocycles. The molecule has 2 aromatic carbocycles. The molecule has 154 valence electrons. The Bertz CT molecular complexity index is 1080. The molecule has 8 heteroatoms. The van der Waals surface area contributed by atoms with Crippen molar-refractivity contribution in [3.63, 3.8) is 0 Å². The third-order valence-corrected chi connectivity index (χ3v) is 4.73. The van der Waals surface area contributed by atoms with E-state index in [0.29, 0.717) is 18.0 Å². The predicted molar refractivity (Wildman–Crippen MR) is 116 cm³/mol. The summed E-state index contributed by atoms with van der Waals surface area (Å²) < 4.78 is 19.6. The van der Waals surface area contributed by atoms with E-state index in [1.807, 2.05) is 24.4 Å². The van der Waals surface area contributed by atoms with Crippen LogP contribution in [0.4, 0.5) is 15.8 Å². The van der Waals surface area contributed by atoms with Gasteiger partial charge in [0, 0.05) is 24.1 Å². The van der Waals surface area contributed by atoms with Gasteiger partial charge in [0.1, 0.15) is 18.2 Å². The van der Waals surface area contributed by atoms with Crippen LogP contribution < -0.4 is 15.4 Å². The monoisotopic (exact) mass is 425 g/mol. The van der Waals surface area contributed by atoms with E-state index < -0.39 is 11.7 Å². The number of nitrogens with one attached hydrogen (secondary N) is 2. The summed E-state index contributed by atoms with van der Waals surface area (Å²) in [6.45, 7) is 3.69. The van der Waals surface area contributed by atoms with Crippen molar-refractivity contribution in [3.05, 3.63) is 76.0 Å². The number of amides is 2. The van der Waals surface area contributed by atoms with Gasteiger partial charge in [-0.3, -0.25) is 9.59 Å². The molecule has 0 fully saturated rings. The zero-order chi connectivity index (χ0) is 21.5. The Labute approximate surface area is 177 Å². The van der Waals surface area contributed by atoms with Crippen molar-refractivity contribution in [2.75, 3.05) is 10.6 Å². The van der Waals surface area contributed by atoms with Crippen molar-refractivity contribution in [3.8, 4) is 5.75 Å². The molecule has 0 spiro atoms. The third-order valence-electron chi connectivity index (χ3n) is 3.91. The maximum atomic E-state index is 13.9. The van der Waals surface area contributed by atoms with E-state index in [4.69, 9.17) is 4.74 Å². The van der Waals surface area contributed by atoms with Crippen LogP contribution in [0.1, 0.15) is 23.2 Å². The lowest BCUT2D eigenvalue weighted by atomic mass is 10.2. The molecule has 3 rings (SSSR count). The number of carbonyl (C=O) groups excluding carboxylic acids is 2. The second kappa shape index (κ2) is 9.80. The highest BCUT2D eigenvalue weighted by Crippen LogP contribution is 2.20. The van der Waals surface area contributed by atoms with Crippen LogP contribution in [0.5, 0.6) is 5.75 Å². The van der Waals surface area contributed by atoms with Crippen LogP contribution in [-0.4, -0.2) is 16.8 Å². The molecule has 0 radical (unpaired) electrons. The molecule has 30 heavy (non-hydrogen) atoms. The molecule has 0 atom stereocenters. The molecule has 0 bridgehead atoms. The van der Waals surface area contributed by atoms with E-state index in [1.54, 1.807) is 29.5 Å². The van der Waals surface area contributed by atoms with Crippen molar-refractivity contribution in [1.29, 1.82) is 0 Å². The van der Waals surface area contributed by atoms with Crippen molar-refractivity contribution in [2.24, 2.45) is 0 Å². The van der Waals surface area contributed by atoms with Gasteiger partial charge in [-0.15, -0.1) is 11.3 Å². The average Bonchev–Trinajstić information content (AvgIpc) is 3.13. The first-order valence-electron chi connectivity index (χ1n) is 9.09. The fraction of sp³-hybridized carbons (Fsp3) is 0.136. The number of nitrogens with zero attached hydrogens (tertiary/aromatic N) is 1. The predicted octanol–water partition coefficient (Wildman–Crippen LogP) is 4.78. The van der Waals surface area contributed by atoms with E-state index in [1.165, 1.54) is 31.2 Å². The van der Waals surface area contributed by atoms with Gasteiger partial charge in [0.2, 0.25) is 11.8 Å². The standard InChI is InChI=1S/C22H20FN3O3S/c1-14(27)24-17-6-9-20(23)21(11-17)26-22(28)10-5-16-3-7-19(8-4-16)29-12-18-13-30-15(2)25-18/h3-11,13H,12H2,1-2H3,(H,24,27)(H,26,28)/b10-5+. The van der Waals surface area contributed by atoms with Crippen LogP contribution in [0.3, 0.4) is 0 Å². The SMILES string of the molecule is CC(=O)Nc1ccc(F)c(NC(=O)/C=C/c2ccc(OCc3csc(C)n3)cc2)c1.